The van der Waals surface area contributed by atoms with E-state index in [2.05, 4.69) is 45.0 Å². The first-order valence-electron chi connectivity index (χ1n) is 6.09. The van der Waals surface area contributed by atoms with E-state index in [1.807, 2.05) is 30.5 Å². The minimum Gasteiger partial charge on any atom is -0.497 e. The van der Waals surface area contributed by atoms with Crippen LogP contribution >= 0.6 is 15.9 Å². The molecule has 0 saturated heterocycles. The van der Waals surface area contributed by atoms with Crippen molar-refractivity contribution in [1.82, 2.24) is 9.88 Å². The fraction of sp³-hybridized carbons (Fsp3) is 0.267. The molecule has 2 rings (SSSR count). The van der Waals surface area contributed by atoms with E-state index < -0.39 is 0 Å². The molecule has 0 spiro atoms. The van der Waals surface area contributed by atoms with E-state index in [4.69, 9.17) is 4.74 Å². The van der Waals surface area contributed by atoms with Crippen molar-refractivity contribution in [3.8, 4) is 5.75 Å². The number of aromatic nitrogens is 1. The van der Waals surface area contributed by atoms with Gasteiger partial charge in [0.15, 0.2) is 0 Å². The average Bonchev–Trinajstić information content (AvgIpc) is 2.41. The molecule has 0 bridgehead atoms. The van der Waals surface area contributed by atoms with Gasteiger partial charge in [0.05, 0.1) is 12.8 Å². The Morgan fingerprint density at radius 1 is 1.21 bits per heavy atom. The second-order valence-corrected chi connectivity index (χ2v) is 5.41. The minimum absolute atomic E-state index is 0.824. The van der Waals surface area contributed by atoms with Gasteiger partial charge >= 0.3 is 0 Å². The van der Waals surface area contributed by atoms with Gasteiger partial charge in [0.25, 0.3) is 0 Å². The first-order chi connectivity index (χ1) is 9.17. The molecule has 100 valence electrons. The molecule has 19 heavy (non-hydrogen) atoms. The van der Waals surface area contributed by atoms with Crippen molar-refractivity contribution in [2.45, 2.75) is 13.1 Å². The van der Waals surface area contributed by atoms with E-state index >= 15 is 0 Å². The number of rotatable bonds is 5. The van der Waals surface area contributed by atoms with Gasteiger partial charge in [0.2, 0.25) is 0 Å². The van der Waals surface area contributed by atoms with Crippen molar-refractivity contribution in [3.05, 3.63) is 58.3 Å². The quantitative estimate of drug-likeness (QED) is 0.843. The van der Waals surface area contributed by atoms with Gasteiger partial charge in [-0.2, -0.15) is 0 Å². The smallest absolute Gasteiger partial charge is 0.119 e. The number of nitrogens with zero attached hydrogens (tertiary/aromatic N) is 2. The Morgan fingerprint density at radius 3 is 2.74 bits per heavy atom. The summed E-state index contributed by atoms with van der Waals surface area (Å²) in [5.74, 6) is 0.896. The molecule has 0 unspecified atom stereocenters. The summed E-state index contributed by atoms with van der Waals surface area (Å²) in [5.41, 5.74) is 2.30. The third-order valence-corrected chi connectivity index (χ3v) is 3.28. The summed E-state index contributed by atoms with van der Waals surface area (Å²) in [6, 6.07) is 12.2. The van der Waals surface area contributed by atoms with E-state index in [9.17, 15) is 0 Å². The van der Waals surface area contributed by atoms with Crippen LogP contribution in [0, 0.1) is 0 Å². The normalized spacial score (nSPS) is 10.7. The zero-order valence-electron chi connectivity index (χ0n) is 11.1. The Morgan fingerprint density at radius 2 is 2.05 bits per heavy atom. The van der Waals surface area contributed by atoms with Crippen LogP contribution in [0.4, 0.5) is 0 Å². The van der Waals surface area contributed by atoms with Crippen LogP contribution in [0.1, 0.15) is 11.3 Å². The van der Waals surface area contributed by atoms with E-state index in [1.165, 1.54) is 5.56 Å². The summed E-state index contributed by atoms with van der Waals surface area (Å²) in [6.45, 7) is 1.69. The molecule has 0 aliphatic heterocycles. The number of pyridine rings is 1. The van der Waals surface area contributed by atoms with E-state index in [0.717, 1.165) is 29.0 Å². The molecule has 0 saturated carbocycles. The zero-order chi connectivity index (χ0) is 13.7. The average molecular weight is 321 g/mol. The summed E-state index contributed by atoms with van der Waals surface area (Å²) in [5, 5.41) is 0. The highest BCUT2D eigenvalue weighted by Gasteiger charge is 2.04. The Bertz CT molecular complexity index is 528. The van der Waals surface area contributed by atoms with Crippen molar-refractivity contribution < 1.29 is 4.74 Å². The highest BCUT2D eigenvalue weighted by molar-refractivity contribution is 9.10. The van der Waals surface area contributed by atoms with Crippen molar-refractivity contribution in [2.75, 3.05) is 14.2 Å². The number of hydrogen-bond acceptors (Lipinski definition) is 3. The molecule has 3 nitrogen and oxygen atoms in total. The van der Waals surface area contributed by atoms with Crippen molar-refractivity contribution in [1.29, 1.82) is 0 Å². The largest absolute Gasteiger partial charge is 0.497 e. The summed E-state index contributed by atoms with van der Waals surface area (Å²) >= 11 is 3.39. The van der Waals surface area contributed by atoms with Crippen LogP contribution in [-0.2, 0) is 13.1 Å². The van der Waals surface area contributed by atoms with Crippen LogP contribution in [-0.4, -0.2) is 24.0 Å². The molecule has 4 heteroatoms. The Balaban J connectivity index is 1.96. The lowest BCUT2D eigenvalue weighted by molar-refractivity contribution is 0.314. The summed E-state index contributed by atoms with van der Waals surface area (Å²) in [7, 11) is 3.78. The SMILES string of the molecule is COc1cccc(CN(C)Cc2ccc(Br)cn2)c1. The van der Waals surface area contributed by atoms with Crippen LogP contribution in [0.15, 0.2) is 47.1 Å². The topological polar surface area (TPSA) is 25.4 Å². The monoisotopic (exact) mass is 320 g/mol. The van der Waals surface area contributed by atoms with Gasteiger partial charge in [-0.1, -0.05) is 12.1 Å². The molecule has 1 aromatic carbocycles. The third-order valence-electron chi connectivity index (χ3n) is 2.81. The maximum atomic E-state index is 5.23. The van der Waals surface area contributed by atoms with Crippen molar-refractivity contribution in [2.24, 2.45) is 0 Å². The van der Waals surface area contributed by atoms with E-state index in [-0.39, 0.29) is 0 Å². The summed E-state index contributed by atoms with van der Waals surface area (Å²) < 4.78 is 6.24. The predicted molar refractivity (Wildman–Crippen MR) is 80.1 cm³/mol. The lowest BCUT2D eigenvalue weighted by Crippen LogP contribution is -2.17. The van der Waals surface area contributed by atoms with Crippen LogP contribution in [0.2, 0.25) is 0 Å². The lowest BCUT2D eigenvalue weighted by atomic mass is 10.2. The van der Waals surface area contributed by atoms with Crippen molar-refractivity contribution in [3.63, 3.8) is 0 Å². The molecule has 1 aromatic heterocycles. The molecule has 0 amide bonds. The summed E-state index contributed by atoms with van der Waals surface area (Å²) in [6.07, 6.45) is 1.83. The van der Waals surface area contributed by atoms with Crippen molar-refractivity contribution >= 4 is 15.9 Å². The Labute approximate surface area is 122 Å². The molecule has 1 heterocycles. The van der Waals surface area contributed by atoms with E-state index in [0.29, 0.717) is 0 Å². The molecule has 0 N–H and O–H groups in total. The summed E-state index contributed by atoms with van der Waals surface area (Å²) in [4.78, 5) is 6.61. The van der Waals surface area contributed by atoms with Gasteiger partial charge in [-0.15, -0.1) is 0 Å². The molecular formula is C15H17BrN2O. The van der Waals surface area contributed by atoms with Gasteiger partial charge in [-0.3, -0.25) is 9.88 Å². The number of ether oxygens (including phenoxy) is 1. The van der Waals surface area contributed by atoms with Crippen LogP contribution < -0.4 is 4.74 Å². The first kappa shape index (κ1) is 14.0. The molecule has 0 fully saturated rings. The van der Waals surface area contributed by atoms with E-state index in [1.54, 1.807) is 7.11 Å². The Hall–Kier alpha value is -1.39. The molecular weight excluding hydrogens is 304 g/mol. The second-order valence-electron chi connectivity index (χ2n) is 4.49. The third kappa shape index (κ3) is 4.33. The fourth-order valence-corrected chi connectivity index (χ4v) is 2.15. The first-order valence-corrected chi connectivity index (χ1v) is 6.88. The molecule has 0 aliphatic rings. The molecule has 0 atom stereocenters. The fourth-order valence-electron chi connectivity index (χ4n) is 1.91. The van der Waals surface area contributed by atoms with Gasteiger partial charge in [0.1, 0.15) is 5.75 Å². The number of hydrogen-bond donors (Lipinski definition) is 0. The van der Waals surface area contributed by atoms with Crippen LogP contribution in [0.25, 0.3) is 0 Å². The lowest BCUT2D eigenvalue weighted by Gasteiger charge is -2.16. The van der Waals surface area contributed by atoms with Gasteiger partial charge in [-0.05, 0) is 52.8 Å². The van der Waals surface area contributed by atoms with Gasteiger partial charge in [-0.25, -0.2) is 0 Å². The molecule has 0 radical (unpaired) electrons. The predicted octanol–water partition coefficient (Wildman–Crippen LogP) is 3.48. The van der Waals surface area contributed by atoms with Gasteiger partial charge in [0, 0.05) is 23.8 Å². The standard InChI is InChI=1S/C15H17BrN2O/c1-18(11-14-7-6-13(16)9-17-14)10-12-4-3-5-15(8-12)19-2/h3-9H,10-11H2,1-2H3. The number of methoxy groups -OCH3 is 1. The minimum atomic E-state index is 0.824. The highest BCUT2D eigenvalue weighted by Crippen LogP contribution is 2.15. The second kappa shape index (κ2) is 6.68. The molecule has 0 aliphatic carbocycles. The zero-order valence-corrected chi connectivity index (χ0v) is 12.7. The van der Waals surface area contributed by atoms with Crippen LogP contribution in [0.5, 0.6) is 5.75 Å². The molecule has 2 aromatic rings. The maximum absolute atomic E-state index is 5.23. The maximum Gasteiger partial charge on any atom is 0.119 e. The van der Waals surface area contributed by atoms with Crippen LogP contribution in [0.3, 0.4) is 0 Å². The van der Waals surface area contributed by atoms with Gasteiger partial charge < -0.3 is 4.74 Å². The Kier molecular flexibility index (Phi) is 4.93. The number of benzene rings is 1. The highest BCUT2D eigenvalue weighted by atomic mass is 79.9. The number of halogens is 1.